The molecule has 110 valence electrons. The van der Waals surface area contributed by atoms with Crippen molar-refractivity contribution >= 4 is 11.8 Å². The first-order valence-electron chi connectivity index (χ1n) is 5.61. The average Bonchev–Trinajstić information content (AvgIpc) is 2.36. The van der Waals surface area contributed by atoms with Crippen LogP contribution in [0.1, 0.15) is 10.4 Å². The lowest BCUT2D eigenvalue weighted by Crippen LogP contribution is -2.17. The highest BCUT2D eigenvalue weighted by atomic mass is 19.4. The van der Waals surface area contributed by atoms with Crippen molar-refractivity contribution in [3.8, 4) is 16.9 Å². The highest BCUT2D eigenvalue weighted by Gasteiger charge is 2.31. The maximum absolute atomic E-state index is 12.2. The Bertz CT molecular complexity index is 687. The molecule has 0 unspecified atom stereocenters. The van der Waals surface area contributed by atoms with Crippen LogP contribution in [0.4, 0.5) is 19.0 Å². The number of nitrogens with two attached hydrogens (primary N) is 1. The van der Waals surface area contributed by atoms with Crippen LogP contribution in [0.3, 0.4) is 0 Å². The van der Waals surface area contributed by atoms with Crippen molar-refractivity contribution in [2.45, 2.75) is 6.36 Å². The summed E-state index contributed by atoms with van der Waals surface area (Å²) in [5, 5.41) is 9.11. The lowest BCUT2D eigenvalue weighted by atomic mass is 10.0. The van der Waals surface area contributed by atoms with Gasteiger partial charge in [0.1, 0.15) is 11.6 Å². The lowest BCUT2D eigenvalue weighted by Gasteiger charge is -2.11. The summed E-state index contributed by atoms with van der Waals surface area (Å²) in [5.41, 5.74) is 5.61. The molecular weight excluding hydrogens is 289 g/mol. The summed E-state index contributed by atoms with van der Waals surface area (Å²) in [4.78, 5) is 14.9. The first kappa shape index (κ1) is 14.6. The number of halogens is 3. The van der Waals surface area contributed by atoms with E-state index in [0.717, 1.165) is 18.2 Å². The Labute approximate surface area is 116 Å². The van der Waals surface area contributed by atoms with Gasteiger partial charge in [0.25, 0.3) is 0 Å². The van der Waals surface area contributed by atoms with E-state index in [1.165, 1.54) is 18.3 Å². The average molecular weight is 298 g/mol. The molecule has 0 saturated heterocycles. The van der Waals surface area contributed by atoms with Crippen LogP contribution >= 0.6 is 0 Å². The number of aromatic nitrogens is 1. The standard InChI is InChI=1S/C13H9F3N2O3/c14-13(15,16)21-8-3-1-2-7(4-8)10-6-18-11(17)5-9(10)12(19)20/h1-6H,(H2,17,18)(H,19,20). The summed E-state index contributed by atoms with van der Waals surface area (Å²) in [6.07, 6.45) is -3.64. The van der Waals surface area contributed by atoms with Crippen LogP contribution in [0.15, 0.2) is 36.5 Å². The van der Waals surface area contributed by atoms with Gasteiger partial charge in [0.2, 0.25) is 0 Å². The van der Waals surface area contributed by atoms with E-state index < -0.39 is 18.1 Å². The van der Waals surface area contributed by atoms with Crippen molar-refractivity contribution in [1.29, 1.82) is 0 Å². The molecule has 0 fully saturated rings. The SMILES string of the molecule is Nc1cc(C(=O)O)c(-c2cccc(OC(F)(F)F)c2)cn1. The van der Waals surface area contributed by atoms with Gasteiger partial charge >= 0.3 is 12.3 Å². The molecule has 5 nitrogen and oxygen atoms in total. The summed E-state index contributed by atoms with van der Waals surface area (Å²) in [7, 11) is 0. The minimum atomic E-state index is -4.83. The van der Waals surface area contributed by atoms with Gasteiger partial charge in [-0.25, -0.2) is 9.78 Å². The van der Waals surface area contributed by atoms with Crippen LogP contribution in [-0.2, 0) is 0 Å². The quantitative estimate of drug-likeness (QED) is 0.910. The van der Waals surface area contributed by atoms with Gasteiger partial charge in [0.15, 0.2) is 0 Å². The topological polar surface area (TPSA) is 85.4 Å². The number of carbonyl (C=O) groups is 1. The number of ether oxygens (including phenoxy) is 1. The summed E-state index contributed by atoms with van der Waals surface area (Å²) in [5.74, 6) is -1.71. The van der Waals surface area contributed by atoms with E-state index in [4.69, 9.17) is 10.8 Å². The zero-order valence-corrected chi connectivity index (χ0v) is 10.4. The molecule has 2 aromatic rings. The second-order valence-electron chi connectivity index (χ2n) is 4.04. The number of aromatic carboxylic acids is 1. The molecule has 1 aromatic heterocycles. The number of alkyl halides is 3. The number of nitrogen functional groups attached to an aromatic ring is 1. The molecule has 3 N–H and O–H groups in total. The number of rotatable bonds is 3. The van der Waals surface area contributed by atoms with Gasteiger partial charge in [-0.15, -0.1) is 13.2 Å². The van der Waals surface area contributed by atoms with Gasteiger partial charge in [-0.1, -0.05) is 12.1 Å². The molecule has 0 atom stereocenters. The van der Waals surface area contributed by atoms with Gasteiger partial charge in [-0.05, 0) is 23.8 Å². The molecule has 1 heterocycles. The van der Waals surface area contributed by atoms with Gasteiger partial charge in [-0.3, -0.25) is 0 Å². The number of hydrogen-bond donors (Lipinski definition) is 2. The van der Waals surface area contributed by atoms with Gasteiger partial charge in [0, 0.05) is 11.8 Å². The molecule has 0 radical (unpaired) electrons. The Morgan fingerprint density at radius 2 is 2.00 bits per heavy atom. The normalized spacial score (nSPS) is 11.2. The molecule has 0 aliphatic heterocycles. The number of hydrogen-bond acceptors (Lipinski definition) is 4. The Morgan fingerprint density at radius 1 is 1.29 bits per heavy atom. The largest absolute Gasteiger partial charge is 0.573 e. The zero-order chi connectivity index (χ0) is 15.6. The van der Waals surface area contributed by atoms with E-state index in [9.17, 15) is 18.0 Å². The van der Waals surface area contributed by atoms with Crippen molar-refractivity contribution in [3.63, 3.8) is 0 Å². The summed E-state index contributed by atoms with van der Waals surface area (Å²) in [6.45, 7) is 0. The van der Waals surface area contributed by atoms with Crippen LogP contribution in [0.2, 0.25) is 0 Å². The first-order valence-corrected chi connectivity index (χ1v) is 5.61. The predicted molar refractivity (Wildman–Crippen MR) is 67.7 cm³/mol. The molecule has 0 aliphatic carbocycles. The maximum atomic E-state index is 12.2. The van der Waals surface area contributed by atoms with Crippen LogP contribution < -0.4 is 10.5 Å². The minimum absolute atomic E-state index is 0.00107. The Hall–Kier alpha value is -2.77. The number of anilines is 1. The molecule has 0 bridgehead atoms. The predicted octanol–water partition coefficient (Wildman–Crippen LogP) is 2.93. The molecule has 0 saturated carbocycles. The summed E-state index contributed by atoms with van der Waals surface area (Å²) < 4.78 is 40.4. The van der Waals surface area contributed by atoms with E-state index in [1.807, 2.05) is 0 Å². The number of carboxylic acids is 1. The Kier molecular flexibility index (Phi) is 3.70. The lowest BCUT2D eigenvalue weighted by molar-refractivity contribution is -0.274. The Morgan fingerprint density at radius 3 is 2.62 bits per heavy atom. The number of benzene rings is 1. The van der Waals surface area contributed by atoms with E-state index in [-0.39, 0.29) is 22.5 Å². The number of pyridine rings is 1. The number of carboxylic acid groups (broad SMARTS) is 1. The van der Waals surface area contributed by atoms with E-state index in [2.05, 4.69) is 9.72 Å². The molecule has 0 spiro atoms. The second kappa shape index (κ2) is 5.31. The minimum Gasteiger partial charge on any atom is -0.478 e. The van der Waals surface area contributed by atoms with Crippen LogP contribution in [0.25, 0.3) is 11.1 Å². The fourth-order valence-electron chi connectivity index (χ4n) is 1.74. The zero-order valence-electron chi connectivity index (χ0n) is 10.4. The van der Waals surface area contributed by atoms with E-state index in [0.29, 0.717) is 0 Å². The van der Waals surface area contributed by atoms with Crippen molar-refractivity contribution in [1.82, 2.24) is 4.98 Å². The molecule has 1 aromatic carbocycles. The van der Waals surface area contributed by atoms with Crippen LogP contribution in [0.5, 0.6) is 5.75 Å². The molecule has 0 aliphatic rings. The Balaban J connectivity index is 2.48. The molecular formula is C13H9F3N2O3. The van der Waals surface area contributed by atoms with Crippen molar-refractivity contribution < 1.29 is 27.8 Å². The van der Waals surface area contributed by atoms with Crippen LogP contribution in [-0.4, -0.2) is 22.4 Å². The fraction of sp³-hybridized carbons (Fsp3) is 0.0769. The number of nitrogens with zero attached hydrogens (tertiary/aromatic N) is 1. The maximum Gasteiger partial charge on any atom is 0.573 e. The van der Waals surface area contributed by atoms with E-state index in [1.54, 1.807) is 0 Å². The van der Waals surface area contributed by atoms with Crippen molar-refractivity contribution in [3.05, 3.63) is 42.1 Å². The molecule has 8 heteroatoms. The monoisotopic (exact) mass is 298 g/mol. The smallest absolute Gasteiger partial charge is 0.478 e. The molecule has 0 amide bonds. The molecule has 2 rings (SSSR count). The first-order chi connectivity index (χ1) is 9.76. The fourth-order valence-corrected chi connectivity index (χ4v) is 1.74. The second-order valence-corrected chi connectivity index (χ2v) is 4.04. The van der Waals surface area contributed by atoms with Gasteiger partial charge in [-0.2, -0.15) is 0 Å². The van der Waals surface area contributed by atoms with Crippen molar-refractivity contribution in [2.24, 2.45) is 0 Å². The summed E-state index contributed by atoms with van der Waals surface area (Å²) >= 11 is 0. The highest BCUT2D eigenvalue weighted by Crippen LogP contribution is 2.30. The van der Waals surface area contributed by atoms with Gasteiger partial charge in [0.05, 0.1) is 5.56 Å². The van der Waals surface area contributed by atoms with Crippen LogP contribution in [0, 0.1) is 0 Å². The third-order valence-electron chi connectivity index (χ3n) is 2.53. The third kappa shape index (κ3) is 3.62. The van der Waals surface area contributed by atoms with Crippen molar-refractivity contribution in [2.75, 3.05) is 5.73 Å². The van der Waals surface area contributed by atoms with E-state index >= 15 is 0 Å². The summed E-state index contributed by atoms with van der Waals surface area (Å²) in [6, 6.07) is 6.09. The van der Waals surface area contributed by atoms with Gasteiger partial charge < -0.3 is 15.6 Å². The molecule has 21 heavy (non-hydrogen) atoms. The third-order valence-corrected chi connectivity index (χ3v) is 2.53. The highest BCUT2D eigenvalue weighted by molar-refractivity contribution is 5.96.